The van der Waals surface area contributed by atoms with Gasteiger partial charge in [-0.2, -0.15) is 0 Å². The van der Waals surface area contributed by atoms with Crippen molar-refractivity contribution in [2.45, 2.75) is 26.3 Å². The number of rotatable bonds is 2. The molecule has 2 unspecified atom stereocenters. The Balaban J connectivity index is 0.00000180. The number of nitrogens with two attached hydrogens (primary N) is 1. The molecular weight excluding hydrogens is 328 g/mol. The van der Waals surface area contributed by atoms with E-state index in [1.807, 2.05) is 36.9 Å². The van der Waals surface area contributed by atoms with Gasteiger partial charge >= 0.3 is 0 Å². The van der Waals surface area contributed by atoms with Gasteiger partial charge in [-0.25, -0.2) is 0 Å². The second-order valence-electron chi connectivity index (χ2n) is 5.18. The molecule has 1 aromatic carbocycles. The number of aryl methyl sites for hydroxylation is 1. The molecule has 1 heterocycles. The zero-order chi connectivity index (χ0) is 13.3. The molecule has 1 saturated heterocycles. The highest BCUT2D eigenvalue weighted by atomic mass is 79.9. The molecule has 106 valence electrons. The smallest absolute Gasteiger partial charge is 0.253 e. The van der Waals surface area contributed by atoms with Crippen molar-refractivity contribution < 1.29 is 4.79 Å². The Hall–Kier alpha value is -0.580. The van der Waals surface area contributed by atoms with Crippen LogP contribution in [-0.2, 0) is 0 Å². The van der Waals surface area contributed by atoms with E-state index in [0.29, 0.717) is 5.92 Å². The number of nitrogens with zero attached hydrogens (tertiary/aromatic N) is 1. The molecule has 3 nitrogen and oxygen atoms in total. The molecule has 0 bridgehead atoms. The molecule has 5 heteroatoms. The number of likely N-dealkylation sites (tertiary alicyclic amines) is 1. The first kappa shape index (κ1) is 16.5. The lowest BCUT2D eigenvalue weighted by Crippen LogP contribution is -2.33. The van der Waals surface area contributed by atoms with Crippen LogP contribution < -0.4 is 5.73 Å². The highest BCUT2D eigenvalue weighted by molar-refractivity contribution is 9.10. The van der Waals surface area contributed by atoms with Gasteiger partial charge in [0, 0.05) is 29.2 Å². The Kier molecular flexibility index (Phi) is 5.83. The zero-order valence-electron chi connectivity index (χ0n) is 11.2. The summed E-state index contributed by atoms with van der Waals surface area (Å²) in [7, 11) is 0. The fraction of sp³-hybridized carbons (Fsp3) is 0.500. The summed E-state index contributed by atoms with van der Waals surface area (Å²) in [6, 6.07) is 5.99. The molecule has 2 N–H and O–H groups in total. The van der Waals surface area contributed by atoms with E-state index in [1.165, 1.54) is 0 Å². The molecule has 0 radical (unpaired) electrons. The molecular formula is C14H20BrClN2O. The maximum Gasteiger partial charge on any atom is 0.253 e. The Labute approximate surface area is 129 Å². The van der Waals surface area contributed by atoms with Crippen LogP contribution in [0.15, 0.2) is 22.7 Å². The number of carbonyl (C=O) groups excluding carboxylic acids is 1. The van der Waals surface area contributed by atoms with Crippen molar-refractivity contribution in [1.29, 1.82) is 0 Å². The van der Waals surface area contributed by atoms with Gasteiger partial charge in [0.05, 0.1) is 0 Å². The molecule has 1 fully saturated rings. The summed E-state index contributed by atoms with van der Waals surface area (Å²) in [5.41, 5.74) is 7.75. The number of benzene rings is 1. The highest BCUT2D eigenvalue weighted by Gasteiger charge is 2.28. The molecule has 1 aromatic rings. The second-order valence-corrected chi connectivity index (χ2v) is 6.09. The van der Waals surface area contributed by atoms with Crippen molar-refractivity contribution in [1.82, 2.24) is 4.90 Å². The Morgan fingerprint density at radius 3 is 2.68 bits per heavy atom. The van der Waals surface area contributed by atoms with Crippen LogP contribution >= 0.6 is 28.3 Å². The summed E-state index contributed by atoms with van der Waals surface area (Å²) in [6.07, 6.45) is 1.01. The molecule has 19 heavy (non-hydrogen) atoms. The van der Waals surface area contributed by atoms with Gasteiger partial charge in [0.2, 0.25) is 0 Å². The molecule has 2 rings (SSSR count). The summed E-state index contributed by atoms with van der Waals surface area (Å²) < 4.78 is 0.953. The van der Waals surface area contributed by atoms with Gasteiger partial charge in [-0.05, 0) is 49.9 Å². The van der Waals surface area contributed by atoms with Crippen molar-refractivity contribution in [3.05, 3.63) is 33.8 Å². The van der Waals surface area contributed by atoms with E-state index in [9.17, 15) is 4.79 Å². The van der Waals surface area contributed by atoms with E-state index in [1.54, 1.807) is 0 Å². The fourth-order valence-electron chi connectivity index (χ4n) is 2.44. The number of carbonyl (C=O) groups is 1. The first-order valence-corrected chi connectivity index (χ1v) is 7.08. The molecule has 0 aromatic heterocycles. The van der Waals surface area contributed by atoms with E-state index < -0.39 is 0 Å². The van der Waals surface area contributed by atoms with Crippen LogP contribution in [0.5, 0.6) is 0 Å². The minimum atomic E-state index is 0. The third-order valence-corrected chi connectivity index (χ3v) is 4.00. The SMILES string of the molecule is Cc1cc(Br)cc(C(=O)N2CCC(C(C)N)C2)c1.Cl. The summed E-state index contributed by atoms with van der Waals surface area (Å²) in [5.74, 6) is 0.546. The average Bonchev–Trinajstić information content (AvgIpc) is 2.75. The lowest BCUT2D eigenvalue weighted by molar-refractivity contribution is 0.0786. The van der Waals surface area contributed by atoms with E-state index >= 15 is 0 Å². The maximum atomic E-state index is 12.4. The number of hydrogen-bond donors (Lipinski definition) is 1. The van der Waals surface area contributed by atoms with E-state index in [-0.39, 0.29) is 24.4 Å². The van der Waals surface area contributed by atoms with Crippen LogP contribution in [0.2, 0.25) is 0 Å². The Bertz CT molecular complexity index is 445. The fourth-order valence-corrected chi connectivity index (χ4v) is 3.05. The summed E-state index contributed by atoms with van der Waals surface area (Å²) in [4.78, 5) is 14.3. The van der Waals surface area contributed by atoms with Crippen molar-refractivity contribution in [2.24, 2.45) is 11.7 Å². The molecule has 0 saturated carbocycles. The second kappa shape index (κ2) is 6.73. The third kappa shape index (κ3) is 3.94. The molecule has 1 aliphatic heterocycles. The average molecular weight is 348 g/mol. The zero-order valence-corrected chi connectivity index (χ0v) is 13.6. The quantitative estimate of drug-likeness (QED) is 0.894. The van der Waals surface area contributed by atoms with Gasteiger partial charge in [0.15, 0.2) is 0 Å². The van der Waals surface area contributed by atoms with Crippen LogP contribution in [0.3, 0.4) is 0 Å². The lowest BCUT2D eigenvalue weighted by atomic mass is 10.0. The topological polar surface area (TPSA) is 46.3 Å². The Morgan fingerprint density at radius 2 is 2.16 bits per heavy atom. The summed E-state index contributed by atoms with van der Waals surface area (Å²) >= 11 is 3.43. The molecule has 0 spiro atoms. The predicted octanol–water partition coefficient (Wildman–Crippen LogP) is 2.99. The van der Waals surface area contributed by atoms with Crippen LogP contribution in [0, 0.1) is 12.8 Å². The predicted molar refractivity (Wildman–Crippen MR) is 83.8 cm³/mol. The van der Waals surface area contributed by atoms with Crippen LogP contribution in [-0.4, -0.2) is 29.9 Å². The van der Waals surface area contributed by atoms with E-state index in [2.05, 4.69) is 15.9 Å². The maximum absolute atomic E-state index is 12.4. The first-order valence-electron chi connectivity index (χ1n) is 6.29. The molecule has 2 atom stereocenters. The van der Waals surface area contributed by atoms with Crippen LogP contribution in [0.1, 0.15) is 29.3 Å². The number of hydrogen-bond acceptors (Lipinski definition) is 2. The third-order valence-electron chi connectivity index (χ3n) is 3.54. The monoisotopic (exact) mass is 346 g/mol. The van der Waals surface area contributed by atoms with Crippen molar-refractivity contribution in [3.63, 3.8) is 0 Å². The molecule has 1 aliphatic rings. The minimum Gasteiger partial charge on any atom is -0.338 e. The number of halogens is 2. The van der Waals surface area contributed by atoms with E-state index in [4.69, 9.17) is 5.73 Å². The van der Waals surface area contributed by atoms with Crippen molar-refractivity contribution >= 4 is 34.2 Å². The normalized spacial score (nSPS) is 20.0. The molecule has 0 aliphatic carbocycles. The largest absolute Gasteiger partial charge is 0.338 e. The summed E-state index contributed by atoms with van der Waals surface area (Å²) in [6.45, 7) is 5.61. The van der Waals surface area contributed by atoms with Gasteiger partial charge in [-0.15, -0.1) is 12.4 Å². The highest BCUT2D eigenvalue weighted by Crippen LogP contribution is 2.22. The van der Waals surface area contributed by atoms with Gasteiger partial charge in [0.25, 0.3) is 5.91 Å². The van der Waals surface area contributed by atoms with Gasteiger partial charge in [0.1, 0.15) is 0 Å². The number of amides is 1. The summed E-state index contributed by atoms with van der Waals surface area (Å²) in [5, 5.41) is 0. The van der Waals surface area contributed by atoms with Crippen LogP contribution in [0.4, 0.5) is 0 Å². The standard InChI is InChI=1S/C14H19BrN2O.ClH/c1-9-5-12(7-13(15)6-9)14(18)17-4-3-11(8-17)10(2)16;/h5-7,10-11H,3-4,8,16H2,1-2H3;1H. The van der Waals surface area contributed by atoms with Gasteiger partial charge in [-0.1, -0.05) is 15.9 Å². The lowest BCUT2D eigenvalue weighted by Gasteiger charge is -2.18. The first-order chi connectivity index (χ1) is 8.47. The Morgan fingerprint density at radius 1 is 1.47 bits per heavy atom. The van der Waals surface area contributed by atoms with Crippen molar-refractivity contribution in [3.8, 4) is 0 Å². The van der Waals surface area contributed by atoms with Gasteiger partial charge in [-0.3, -0.25) is 4.79 Å². The minimum absolute atomic E-state index is 0. The van der Waals surface area contributed by atoms with Gasteiger partial charge < -0.3 is 10.6 Å². The van der Waals surface area contributed by atoms with E-state index in [0.717, 1.165) is 35.1 Å². The van der Waals surface area contributed by atoms with Crippen LogP contribution in [0.25, 0.3) is 0 Å². The van der Waals surface area contributed by atoms with Crippen molar-refractivity contribution in [2.75, 3.05) is 13.1 Å². The molecule has 1 amide bonds.